The molecule has 3 nitrogen and oxygen atoms in total. The normalized spacial score (nSPS) is 35.5. The van der Waals surface area contributed by atoms with Crippen LogP contribution < -0.4 is 9.47 Å². The number of quaternary nitrogens is 1. The van der Waals surface area contributed by atoms with Crippen LogP contribution in [-0.2, 0) is 6.42 Å². The molecular weight excluding hydrogens is 274 g/mol. The van der Waals surface area contributed by atoms with Gasteiger partial charge in [0.15, 0.2) is 11.5 Å². The van der Waals surface area contributed by atoms with Gasteiger partial charge in [-0.1, -0.05) is 12.2 Å². The lowest BCUT2D eigenvalue weighted by Gasteiger charge is -2.42. The van der Waals surface area contributed by atoms with Crippen LogP contribution in [0.4, 0.5) is 0 Å². The Bertz CT molecular complexity index is 624. The van der Waals surface area contributed by atoms with Crippen molar-refractivity contribution in [2.45, 2.75) is 25.3 Å². The second-order valence-corrected chi connectivity index (χ2v) is 7.35. The van der Waals surface area contributed by atoms with Gasteiger partial charge in [0.1, 0.15) is 6.04 Å². The van der Waals surface area contributed by atoms with Crippen LogP contribution in [0.15, 0.2) is 24.3 Å². The zero-order chi connectivity index (χ0) is 15.3. The lowest BCUT2D eigenvalue weighted by Crippen LogP contribution is -2.48. The maximum absolute atomic E-state index is 5.57. The summed E-state index contributed by atoms with van der Waals surface area (Å²) in [7, 11) is 5.93. The fraction of sp³-hybridized carbons (Fsp3) is 0.579. The zero-order valence-electron chi connectivity index (χ0n) is 13.8. The first-order chi connectivity index (χ1) is 10.7. The molecule has 0 unspecified atom stereocenters. The molecule has 1 saturated heterocycles. The fourth-order valence-corrected chi connectivity index (χ4v) is 5.20. The van der Waals surface area contributed by atoms with Crippen LogP contribution >= 0.6 is 0 Å². The van der Waals surface area contributed by atoms with E-state index in [-0.39, 0.29) is 0 Å². The molecule has 3 aliphatic rings. The van der Waals surface area contributed by atoms with Crippen LogP contribution in [0.2, 0.25) is 0 Å². The molecule has 0 bridgehead atoms. The van der Waals surface area contributed by atoms with E-state index in [0.29, 0.717) is 6.04 Å². The molecule has 118 valence electrons. The van der Waals surface area contributed by atoms with Gasteiger partial charge in [-0.3, -0.25) is 0 Å². The highest BCUT2D eigenvalue weighted by atomic mass is 16.5. The van der Waals surface area contributed by atoms with Gasteiger partial charge in [0.25, 0.3) is 0 Å². The molecule has 2 heterocycles. The van der Waals surface area contributed by atoms with Crippen LogP contribution in [-0.4, -0.2) is 38.8 Å². The molecule has 0 amide bonds. The molecular formula is C19H26NO2+. The van der Waals surface area contributed by atoms with Gasteiger partial charge in [0, 0.05) is 23.8 Å². The highest BCUT2D eigenvalue weighted by Crippen LogP contribution is 2.53. The third-order valence-corrected chi connectivity index (χ3v) is 6.20. The Balaban J connectivity index is 1.82. The van der Waals surface area contributed by atoms with Crippen molar-refractivity contribution in [1.29, 1.82) is 0 Å². The molecule has 0 N–H and O–H groups in total. The quantitative estimate of drug-likeness (QED) is 0.616. The summed E-state index contributed by atoms with van der Waals surface area (Å²) in [5, 5.41) is 0. The summed E-state index contributed by atoms with van der Waals surface area (Å²) in [6, 6.07) is 5.09. The smallest absolute Gasteiger partial charge is 0.161 e. The minimum absolute atomic E-state index is 0.624. The standard InChI is InChI=1S/C19H26NO2/c1-20-9-8-13-10-17(21-2)18(22-3)11-16(13)19(20)15-7-5-4-6-14(15)12-20/h4-5,10-11,14-15,19H,6-9,12H2,1-3H3/q+1/t14-,15-,19+,20-/m1/s1. The van der Waals surface area contributed by atoms with E-state index in [1.54, 1.807) is 14.2 Å². The average Bonchev–Trinajstić information content (AvgIpc) is 2.85. The summed E-state index contributed by atoms with van der Waals surface area (Å²) in [4.78, 5) is 0. The van der Waals surface area contributed by atoms with E-state index in [9.17, 15) is 0 Å². The van der Waals surface area contributed by atoms with E-state index in [1.807, 2.05) is 0 Å². The Kier molecular flexibility index (Phi) is 3.23. The van der Waals surface area contributed by atoms with Gasteiger partial charge in [0.2, 0.25) is 0 Å². The number of fused-ring (bicyclic) bond motifs is 5. The van der Waals surface area contributed by atoms with Crippen LogP contribution in [0.5, 0.6) is 11.5 Å². The minimum Gasteiger partial charge on any atom is -0.493 e. The SMILES string of the molecule is COc1cc2c(cc1OC)[C@@H]1[C@@H]3CC=CC[C@@H]3C[N@@+]1(C)CC2. The highest BCUT2D eigenvalue weighted by Gasteiger charge is 2.54. The van der Waals surface area contributed by atoms with E-state index < -0.39 is 0 Å². The Morgan fingerprint density at radius 2 is 1.77 bits per heavy atom. The Morgan fingerprint density at radius 3 is 2.55 bits per heavy atom. The van der Waals surface area contributed by atoms with Gasteiger partial charge in [-0.2, -0.15) is 0 Å². The van der Waals surface area contributed by atoms with Crippen molar-refractivity contribution in [2.75, 3.05) is 34.4 Å². The van der Waals surface area contributed by atoms with Crippen molar-refractivity contribution in [3.63, 3.8) is 0 Å². The van der Waals surface area contributed by atoms with Crippen LogP contribution in [0.1, 0.15) is 30.0 Å². The molecule has 4 atom stereocenters. The molecule has 0 saturated carbocycles. The maximum atomic E-state index is 5.57. The first-order valence-corrected chi connectivity index (χ1v) is 8.40. The fourth-order valence-electron chi connectivity index (χ4n) is 5.20. The van der Waals surface area contributed by atoms with E-state index in [1.165, 1.54) is 41.5 Å². The largest absolute Gasteiger partial charge is 0.493 e. The van der Waals surface area contributed by atoms with Gasteiger partial charge in [-0.25, -0.2) is 0 Å². The lowest BCUT2D eigenvalue weighted by atomic mass is 9.77. The third kappa shape index (κ3) is 1.91. The minimum atomic E-state index is 0.624. The Labute approximate surface area is 133 Å². The van der Waals surface area contributed by atoms with Crippen LogP contribution in [0.3, 0.4) is 0 Å². The number of methoxy groups -OCH3 is 2. The van der Waals surface area contributed by atoms with Crippen LogP contribution in [0.25, 0.3) is 0 Å². The first kappa shape index (κ1) is 14.1. The summed E-state index contributed by atoms with van der Waals surface area (Å²) in [5.74, 6) is 3.38. The number of benzene rings is 1. The molecule has 1 fully saturated rings. The summed E-state index contributed by atoms with van der Waals surface area (Å²) in [6.45, 7) is 2.58. The second kappa shape index (κ2) is 5.02. The number of ether oxygens (including phenoxy) is 2. The predicted octanol–water partition coefficient (Wildman–Crippen LogP) is 3.34. The summed E-state index contributed by atoms with van der Waals surface area (Å²) < 4.78 is 12.3. The summed E-state index contributed by atoms with van der Waals surface area (Å²) in [6.07, 6.45) is 8.43. The van der Waals surface area contributed by atoms with Crippen molar-refractivity contribution in [3.8, 4) is 11.5 Å². The third-order valence-electron chi connectivity index (χ3n) is 6.20. The molecule has 2 aliphatic heterocycles. The second-order valence-electron chi connectivity index (χ2n) is 7.35. The number of rotatable bonds is 2. The lowest BCUT2D eigenvalue weighted by molar-refractivity contribution is -0.931. The number of hydrogen-bond donors (Lipinski definition) is 0. The van der Waals surface area contributed by atoms with E-state index in [2.05, 4.69) is 31.3 Å². The zero-order valence-corrected chi connectivity index (χ0v) is 13.8. The number of hydrogen-bond acceptors (Lipinski definition) is 2. The van der Waals surface area contributed by atoms with E-state index >= 15 is 0 Å². The molecule has 1 aliphatic carbocycles. The molecule has 4 rings (SSSR count). The highest BCUT2D eigenvalue weighted by molar-refractivity contribution is 5.49. The van der Waals surface area contributed by atoms with Gasteiger partial charge in [-0.05, 0) is 30.5 Å². The predicted molar refractivity (Wildman–Crippen MR) is 87.3 cm³/mol. The van der Waals surface area contributed by atoms with Gasteiger partial charge in [0.05, 0.1) is 34.4 Å². The molecule has 0 spiro atoms. The van der Waals surface area contributed by atoms with Gasteiger partial charge >= 0.3 is 0 Å². The summed E-state index contributed by atoms with van der Waals surface area (Å²) >= 11 is 0. The Morgan fingerprint density at radius 1 is 1.05 bits per heavy atom. The van der Waals surface area contributed by atoms with Crippen molar-refractivity contribution in [2.24, 2.45) is 11.8 Å². The van der Waals surface area contributed by atoms with Gasteiger partial charge < -0.3 is 14.0 Å². The number of likely N-dealkylation sites (N-methyl/N-ethyl adjacent to an activating group) is 1. The molecule has 0 radical (unpaired) electrons. The van der Waals surface area contributed by atoms with Crippen molar-refractivity contribution in [3.05, 3.63) is 35.4 Å². The van der Waals surface area contributed by atoms with Crippen LogP contribution in [0, 0.1) is 11.8 Å². The topological polar surface area (TPSA) is 18.5 Å². The number of allylic oxidation sites excluding steroid dienone is 2. The average molecular weight is 300 g/mol. The van der Waals surface area contributed by atoms with E-state index in [4.69, 9.17) is 9.47 Å². The molecule has 1 aromatic rings. The summed E-state index contributed by atoms with van der Waals surface area (Å²) in [5.41, 5.74) is 2.97. The first-order valence-electron chi connectivity index (χ1n) is 8.40. The van der Waals surface area contributed by atoms with Crippen molar-refractivity contribution in [1.82, 2.24) is 0 Å². The molecule has 22 heavy (non-hydrogen) atoms. The Hall–Kier alpha value is -1.48. The molecule has 1 aromatic carbocycles. The maximum Gasteiger partial charge on any atom is 0.161 e. The monoisotopic (exact) mass is 300 g/mol. The van der Waals surface area contributed by atoms with E-state index in [0.717, 1.165) is 29.8 Å². The van der Waals surface area contributed by atoms with Crippen molar-refractivity contribution >= 4 is 0 Å². The number of nitrogens with zero attached hydrogens (tertiary/aromatic N) is 1. The van der Waals surface area contributed by atoms with Gasteiger partial charge in [-0.15, -0.1) is 0 Å². The van der Waals surface area contributed by atoms with Crippen molar-refractivity contribution < 1.29 is 14.0 Å². The molecule has 3 heteroatoms. The molecule has 0 aromatic heterocycles.